The molecule has 6 heteroatoms. The van der Waals surface area contributed by atoms with Crippen LogP contribution in [0.15, 0.2) is 48.5 Å². The van der Waals surface area contributed by atoms with Gasteiger partial charge in [0, 0.05) is 12.1 Å². The average Bonchev–Trinajstić information content (AvgIpc) is 2.94. The van der Waals surface area contributed by atoms with Crippen molar-refractivity contribution in [2.45, 2.75) is 18.9 Å². The molecule has 1 fully saturated rings. The number of amides is 2. The van der Waals surface area contributed by atoms with Crippen molar-refractivity contribution < 1.29 is 9.59 Å². The van der Waals surface area contributed by atoms with E-state index in [1.807, 2.05) is 30.3 Å². The van der Waals surface area contributed by atoms with E-state index < -0.39 is 6.04 Å². The maximum atomic E-state index is 12.6. The minimum atomic E-state index is -0.556. The highest BCUT2D eigenvalue weighted by Gasteiger charge is 2.37. The third-order valence-corrected chi connectivity index (χ3v) is 4.58. The molecular weight excluding hydrogens is 335 g/mol. The first kappa shape index (κ1) is 15.8. The number of carbonyl (C=O) groups is 2. The second kappa shape index (κ2) is 6.60. The predicted octanol–water partition coefficient (Wildman–Crippen LogP) is 4.13. The highest BCUT2D eigenvalue weighted by molar-refractivity contribution is 6.44. The fraction of sp³-hybridized carbons (Fsp3) is 0.176. The third-order valence-electron chi connectivity index (χ3n) is 3.76. The van der Waals surface area contributed by atoms with Crippen molar-refractivity contribution in [1.29, 1.82) is 0 Å². The van der Waals surface area contributed by atoms with Crippen molar-refractivity contribution in [1.82, 2.24) is 0 Å². The first-order chi connectivity index (χ1) is 11.1. The van der Waals surface area contributed by atoms with Crippen molar-refractivity contribution in [3.05, 3.63) is 58.6 Å². The lowest BCUT2D eigenvalue weighted by Crippen LogP contribution is -2.41. The number of rotatable bonds is 3. The van der Waals surface area contributed by atoms with Crippen LogP contribution in [0.1, 0.15) is 12.8 Å². The summed E-state index contributed by atoms with van der Waals surface area (Å²) in [6, 6.07) is 13.6. The quantitative estimate of drug-likeness (QED) is 0.906. The van der Waals surface area contributed by atoms with Crippen LogP contribution >= 0.6 is 23.2 Å². The van der Waals surface area contributed by atoms with Crippen LogP contribution in [0.5, 0.6) is 0 Å². The van der Waals surface area contributed by atoms with Gasteiger partial charge >= 0.3 is 0 Å². The fourth-order valence-electron chi connectivity index (χ4n) is 2.66. The van der Waals surface area contributed by atoms with Gasteiger partial charge in [0.2, 0.25) is 11.8 Å². The highest BCUT2D eigenvalue weighted by atomic mass is 35.5. The van der Waals surface area contributed by atoms with E-state index >= 15 is 0 Å². The molecule has 1 N–H and O–H groups in total. The molecule has 0 aliphatic carbocycles. The number of nitrogens with one attached hydrogen (secondary N) is 1. The van der Waals surface area contributed by atoms with Gasteiger partial charge in [0.1, 0.15) is 6.04 Å². The monoisotopic (exact) mass is 348 g/mol. The summed E-state index contributed by atoms with van der Waals surface area (Å²) in [4.78, 5) is 26.3. The van der Waals surface area contributed by atoms with Crippen LogP contribution in [-0.2, 0) is 9.59 Å². The maximum Gasteiger partial charge on any atom is 0.247 e. The normalized spacial score (nSPS) is 17.4. The van der Waals surface area contributed by atoms with Crippen LogP contribution in [0.3, 0.4) is 0 Å². The van der Waals surface area contributed by atoms with Gasteiger partial charge in [-0.15, -0.1) is 0 Å². The SMILES string of the molecule is O=C(Nc1cccc(Cl)c1Cl)C1CCC(=O)N1c1ccccc1. The maximum absolute atomic E-state index is 12.6. The molecule has 1 aliphatic rings. The summed E-state index contributed by atoms with van der Waals surface area (Å²) < 4.78 is 0. The summed E-state index contributed by atoms with van der Waals surface area (Å²) in [5, 5.41) is 3.42. The minimum Gasteiger partial charge on any atom is -0.323 e. The standard InChI is InChI=1S/C17H14Cl2N2O2/c18-12-7-4-8-13(16(12)19)20-17(23)14-9-10-15(22)21(14)11-5-2-1-3-6-11/h1-8,14H,9-10H2,(H,20,23). The van der Waals surface area contributed by atoms with Gasteiger partial charge in [-0.05, 0) is 30.7 Å². The van der Waals surface area contributed by atoms with E-state index in [-0.39, 0.29) is 16.8 Å². The number of hydrogen-bond donors (Lipinski definition) is 1. The second-order valence-electron chi connectivity index (χ2n) is 5.24. The molecule has 1 heterocycles. The lowest BCUT2D eigenvalue weighted by Gasteiger charge is -2.24. The Morgan fingerprint density at radius 3 is 2.57 bits per heavy atom. The summed E-state index contributed by atoms with van der Waals surface area (Å²) in [5.41, 5.74) is 1.16. The lowest BCUT2D eigenvalue weighted by molar-refractivity contribution is -0.120. The van der Waals surface area contributed by atoms with E-state index in [4.69, 9.17) is 23.2 Å². The third kappa shape index (κ3) is 3.19. The smallest absolute Gasteiger partial charge is 0.247 e. The number of anilines is 2. The zero-order valence-electron chi connectivity index (χ0n) is 12.1. The van der Waals surface area contributed by atoms with Crippen LogP contribution < -0.4 is 10.2 Å². The molecule has 0 spiro atoms. The summed E-state index contributed by atoms with van der Waals surface area (Å²) >= 11 is 12.1. The molecule has 0 bridgehead atoms. The molecule has 2 amide bonds. The summed E-state index contributed by atoms with van der Waals surface area (Å²) in [5.74, 6) is -0.336. The van der Waals surface area contributed by atoms with Gasteiger partial charge in [0.15, 0.2) is 0 Å². The Kier molecular flexibility index (Phi) is 4.55. The molecule has 4 nitrogen and oxygen atoms in total. The van der Waals surface area contributed by atoms with Gasteiger partial charge in [-0.25, -0.2) is 0 Å². The molecule has 0 radical (unpaired) electrons. The van der Waals surface area contributed by atoms with E-state index in [1.54, 1.807) is 18.2 Å². The van der Waals surface area contributed by atoms with Crippen molar-refractivity contribution >= 4 is 46.4 Å². The largest absolute Gasteiger partial charge is 0.323 e. The molecule has 2 aromatic carbocycles. The van der Waals surface area contributed by atoms with Crippen LogP contribution in [0.2, 0.25) is 10.0 Å². The van der Waals surface area contributed by atoms with Gasteiger partial charge in [-0.1, -0.05) is 47.5 Å². The molecule has 2 aromatic rings. The van der Waals surface area contributed by atoms with E-state index in [9.17, 15) is 9.59 Å². The Bertz CT molecular complexity index is 750. The number of halogens is 2. The van der Waals surface area contributed by atoms with Gasteiger partial charge in [0.05, 0.1) is 15.7 Å². The number of benzene rings is 2. The van der Waals surface area contributed by atoms with Gasteiger partial charge < -0.3 is 5.32 Å². The molecular formula is C17H14Cl2N2O2. The average molecular weight is 349 g/mol. The lowest BCUT2D eigenvalue weighted by atomic mass is 10.2. The Morgan fingerprint density at radius 1 is 1.09 bits per heavy atom. The van der Waals surface area contributed by atoms with E-state index in [0.29, 0.717) is 29.2 Å². The Balaban J connectivity index is 1.84. The molecule has 1 atom stereocenters. The first-order valence-electron chi connectivity index (χ1n) is 7.20. The molecule has 1 saturated heterocycles. The van der Waals surface area contributed by atoms with Crippen LogP contribution in [0.4, 0.5) is 11.4 Å². The summed E-state index contributed by atoms with van der Waals surface area (Å²) in [7, 11) is 0. The molecule has 23 heavy (non-hydrogen) atoms. The molecule has 3 rings (SSSR count). The second-order valence-corrected chi connectivity index (χ2v) is 6.03. The van der Waals surface area contributed by atoms with E-state index in [1.165, 1.54) is 4.90 Å². The van der Waals surface area contributed by atoms with Crippen LogP contribution in [0.25, 0.3) is 0 Å². The van der Waals surface area contributed by atoms with Crippen molar-refractivity contribution in [3.8, 4) is 0 Å². The summed E-state index contributed by atoms with van der Waals surface area (Å²) in [6.45, 7) is 0. The Hall–Kier alpha value is -2.04. The Morgan fingerprint density at radius 2 is 1.83 bits per heavy atom. The first-order valence-corrected chi connectivity index (χ1v) is 7.95. The molecule has 1 aliphatic heterocycles. The Labute approximate surface area is 144 Å². The number of carbonyl (C=O) groups excluding carboxylic acids is 2. The van der Waals surface area contributed by atoms with E-state index in [0.717, 1.165) is 0 Å². The van der Waals surface area contributed by atoms with Crippen molar-refractivity contribution in [2.24, 2.45) is 0 Å². The number of nitrogens with zero attached hydrogens (tertiary/aromatic N) is 1. The predicted molar refractivity (Wildman–Crippen MR) is 92.0 cm³/mol. The highest BCUT2D eigenvalue weighted by Crippen LogP contribution is 2.31. The van der Waals surface area contributed by atoms with Crippen molar-refractivity contribution in [2.75, 3.05) is 10.2 Å². The van der Waals surface area contributed by atoms with Crippen LogP contribution in [0, 0.1) is 0 Å². The van der Waals surface area contributed by atoms with Gasteiger partial charge in [-0.3, -0.25) is 14.5 Å². The zero-order chi connectivity index (χ0) is 16.4. The minimum absolute atomic E-state index is 0.0615. The van der Waals surface area contributed by atoms with Crippen LogP contribution in [-0.4, -0.2) is 17.9 Å². The topological polar surface area (TPSA) is 49.4 Å². The number of hydrogen-bond acceptors (Lipinski definition) is 2. The van der Waals surface area contributed by atoms with E-state index in [2.05, 4.69) is 5.32 Å². The molecule has 1 unspecified atom stereocenters. The summed E-state index contributed by atoms with van der Waals surface area (Å²) in [6.07, 6.45) is 0.813. The van der Waals surface area contributed by atoms with Crippen molar-refractivity contribution in [3.63, 3.8) is 0 Å². The fourth-order valence-corrected chi connectivity index (χ4v) is 3.01. The van der Waals surface area contributed by atoms with Gasteiger partial charge in [-0.2, -0.15) is 0 Å². The zero-order valence-corrected chi connectivity index (χ0v) is 13.6. The molecule has 0 aromatic heterocycles. The number of para-hydroxylation sites is 1. The molecule has 118 valence electrons. The van der Waals surface area contributed by atoms with Gasteiger partial charge in [0.25, 0.3) is 0 Å². The molecule has 0 saturated carbocycles.